The number of amides is 2. The molecule has 1 unspecified atom stereocenters. The Hall–Kier alpha value is -3.38. The fourth-order valence-corrected chi connectivity index (χ4v) is 8.04. The fourth-order valence-electron chi connectivity index (χ4n) is 6.41. The van der Waals surface area contributed by atoms with Crippen molar-refractivity contribution < 1.29 is 31.5 Å². The first kappa shape index (κ1) is 35.9. The summed E-state index contributed by atoms with van der Waals surface area (Å²) in [6, 6.07) is 11.3. The number of aromatic nitrogens is 1. The Kier molecular flexibility index (Phi) is 10.6. The second-order valence-corrected chi connectivity index (χ2v) is 15.9. The lowest BCUT2D eigenvalue weighted by molar-refractivity contribution is -0.117. The third kappa shape index (κ3) is 8.25. The van der Waals surface area contributed by atoms with Crippen LogP contribution < -0.4 is 15.5 Å². The molecule has 2 amide bonds. The van der Waals surface area contributed by atoms with Gasteiger partial charge in [-0.25, -0.2) is 22.2 Å². The van der Waals surface area contributed by atoms with Crippen LogP contribution in [0.3, 0.4) is 0 Å². The lowest BCUT2D eigenvalue weighted by atomic mass is 9.77. The van der Waals surface area contributed by atoms with E-state index in [0.29, 0.717) is 37.9 Å². The summed E-state index contributed by atoms with van der Waals surface area (Å²) in [6.45, 7) is 6.62. The van der Waals surface area contributed by atoms with E-state index in [9.17, 15) is 18.0 Å². The average molecular weight is 708 g/mol. The number of ether oxygens (including phenoxy) is 1. The minimum Gasteiger partial charge on any atom is -0.392 e. The first-order chi connectivity index (χ1) is 22.6. The summed E-state index contributed by atoms with van der Waals surface area (Å²) in [4.78, 5) is 35.9. The molecule has 3 heterocycles. The molecule has 1 saturated carbocycles. The van der Waals surface area contributed by atoms with Crippen LogP contribution in [0.15, 0.2) is 41.3 Å². The number of halogens is 3. The molecule has 2 aromatic rings. The molecule has 1 atom stereocenters. The zero-order chi connectivity index (χ0) is 34.9. The number of carbonyl (C=O) groups is 2. The number of carbonyl (C=O) groups excluding carboxylic acids is 2. The lowest BCUT2D eigenvalue weighted by Gasteiger charge is -2.36. The highest BCUT2D eigenvalue weighted by Gasteiger charge is 2.44. The van der Waals surface area contributed by atoms with Crippen molar-refractivity contribution in [1.29, 1.82) is 0 Å². The van der Waals surface area contributed by atoms with E-state index in [1.165, 1.54) is 33.5 Å². The number of piperazine rings is 1. The van der Waals surface area contributed by atoms with Gasteiger partial charge in [0.2, 0.25) is 15.9 Å². The van der Waals surface area contributed by atoms with Crippen LogP contribution in [0.4, 0.5) is 25.1 Å². The molecular weight excluding hydrogens is 666 g/mol. The summed E-state index contributed by atoms with van der Waals surface area (Å²) < 4.78 is 64.7. The molecule has 2 saturated heterocycles. The maximum absolute atomic E-state index is 15.6. The molecule has 2 aliphatic heterocycles. The van der Waals surface area contributed by atoms with E-state index >= 15 is 8.78 Å². The van der Waals surface area contributed by atoms with Crippen molar-refractivity contribution in [3.05, 3.63) is 52.0 Å². The van der Waals surface area contributed by atoms with Crippen molar-refractivity contribution in [2.24, 2.45) is 23.5 Å². The Morgan fingerprint density at radius 2 is 1.73 bits per heavy atom. The topological polar surface area (TPSA) is 130 Å². The molecule has 11 nitrogen and oxygen atoms in total. The molecular formula is C33H42ClF2N6O5S+. The van der Waals surface area contributed by atoms with E-state index in [0.717, 1.165) is 0 Å². The van der Waals surface area contributed by atoms with Crippen LogP contribution in [0.2, 0.25) is 5.15 Å². The Bertz CT molecular complexity index is 1680. The smallest absolute Gasteiger partial charge is 0.392 e. The number of pyridine rings is 1. The van der Waals surface area contributed by atoms with Gasteiger partial charge in [0.05, 0.1) is 9.74 Å². The fraction of sp³-hybridized carbons (Fsp3) is 0.576. The predicted molar refractivity (Wildman–Crippen MR) is 179 cm³/mol. The van der Waals surface area contributed by atoms with Crippen LogP contribution in [0.1, 0.15) is 58.4 Å². The quantitative estimate of drug-likeness (QED) is 0.362. The molecule has 15 heteroatoms. The Morgan fingerprint density at radius 1 is 1.08 bits per heavy atom. The number of hydrogen-bond acceptors (Lipinski definition) is 8. The molecule has 1 aromatic heterocycles. The van der Waals surface area contributed by atoms with Crippen molar-refractivity contribution >= 4 is 45.1 Å². The van der Waals surface area contributed by atoms with Crippen molar-refractivity contribution in [2.45, 2.75) is 69.3 Å². The van der Waals surface area contributed by atoms with Crippen LogP contribution in [-0.4, -0.2) is 74.6 Å². The number of sulfonamides is 1. The van der Waals surface area contributed by atoms with Gasteiger partial charge in [-0.05, 0) is 95.3 Å². The number of nitrogens with two attached hydrogens (primary N) is 1. The molecule has 3 aliphatic rings. The zero-order valence-corrected chi connectivity index (χ0v) is 28.9. The van der Waals surface area contributed by atoms with Gasteiger partial charge in [0.1, 0.15) is 22.5 Å². The zero-order valence-electron chi connectivity index (χ0n) is 27.4. The molecule has 0 bridgehead atoms. The van der Waals surface area contributed by atoms with Gasteiger partial charge in [0.15, 0.2) is 0 Å². The number of nitrogens with zero attached hydrogens (tertiary/aromatic N) is 5. The molecule has 5 rings (SSSR count). The minimum atomic E-state index is -3.88. The summed E-state index contributed by atoms with van der Waals surface area (Å²) in [5.41, 5.74) is 5.37. The van der Waals surface area contributed by atoms with Crippen molar-refractivity contribution in [3.63, 3.8) is 0 Å². The SMILES string of the molecule is CC(C)(C)OC(=O)[N+]#CC1CC(=O)N(c2ccc(S(=O)(=O)N3CCN(c4cc(C(F)(F)C5CCC(CN)CC5)cc(Cl)n4)CC3)cc2)C1. The van der Waals surface area contributed by atoms with Gasteiger partial charge in [-0.2, -0.15) is 9.10 Å². The van der Waals surface area contributed by atoms with Crippen LogP contribution in [0, 0.1) is 23.8 Å². The molecule has 1 aromatic carbocycles. The van der Waals surface area contributed by atoms with E-state index in [2.05, 4.69) is 15.9 Å². The summed E-state index contributed by atoms with van der Waals surface area (Å²) in [6.07, 6.45) is 1.44. The Labute approximate surface area is 285 Å². The van der Waals surface area contributed by atoms with Gasteiger partial charge in [-0.15, -0.1) is 0 Å². The van der Waals surface area contributed by atoms with Crippen molar-refractivity contribution in [3.8, 4) is 6.07 Å². The predicted octanol–water partition coefficient (Wildman–Crippen LogP) is 5.72. The van der Waals surface area contributed by atoms with E-state index in [4.69, 9.17) is 22.1 Å². The summed E-state index contributed by atoms with van der Waals surface area (Å²) in [5, 5.41) is -0.0380. The van der Waals surface area contributed by atoms with Crippen LogP contribution in [0.5, 0.6) is 0 Å². The normalized spacial score (nSPS) is 22.7. The molecule has 0 radical (unpaired) electrons. The van der Waals surface area contributed by atoms with Gasteiger partial charge >= 0.3 is 6.09 Å². The molecule has 1 aliphatic carbocycles. The van der Waals surface area contributed by atoms with E-state index in [1.807, 2.05) is 0 Å². The van der Waals surface area contributed by atoms with Crippen LogP contribution >= 0.6 is 11.6 Å². The number of alkyl halides is 2. The van der Waals surface area contributed by atoms with E-state index < -0.39 is 39.5 Å². The highest BCUT2D eigenvalue weighted by molar-refractivity contribution is 7.89. The third-order valence-corrected chi connectivity index (χ3v) is 11.2. The van der Waals surface area contributed by atoms with Crippen LogP contribution in [0.25, 0.3) is 4.85 Å². The average Bonchev–Trinajstić information content (AvgIpc) is 3.43. The summed E-state index contributed by atoms with van der Waals surface area (Å²) in [7, 11) is -3.88. The first-order valence-electron chi connectivity index (χ1n) is 16.2. The van der Waals surface area contributed by atoms with Crippen molar-refractivity contribution in [1.82, 2.24) is 9.29 Å². The van der Waals surface area contributed by atoms with Gasteiger partial charge in [-0.3, -0.25) is 4.79 Å². The molecule has 2 N–H and O–H groups in total. The Morgan fingerprint density at radius 3 is 2.33 bits per heavy atom. The van der Waals surface area contributed by atoms with Crippen molar-refractivity contribution in [2.75, 3.05) is 49.1 Å². The number of benzene rings is 1. The second kappa shape index (κ2) is 14.2. The maximum atomic E-state index is 15.6. The van der Waals surface area contributed by atoms with Gasteiger partial charge in [-0.1, -0.05) is 11.6 Å². The largest absolute Gasteiger partial charge is 0.728 e. The monoisotopic (exact) mass is 707 g/mol. The third-order valence-electron chi connectivity index (χ3n) is 9.06. The first-order valence-corrected chi connectivity index (χ1v) is 18.0. The summed E-state index contributed by atoms with van der Waals surface area (Å²) >= 11 is 6.22. The summed E-state index contributed by atoms with van der Waals surface area (Å²) in [5.74, 6) is -3.94. The van der Waals surface area contributed by atoms with E-state index in [-0.39, 0.29) is 72.4 Å². The number of rotatable bonds is 7. The van der Waals surface area contributed by atoms with Crippen LogP contribution in [-0.2, 0) is 25.5 Å². The highest BCUT2D eigenvalue weighted by atomic mass is 35.5. The standard InChI is InChI=1S/C33H42ClF2N6O5S/c1-32(2,3)47-31(44)38-20-23-16-30(43)42(21-23)26-8-10-27(11-9-26)48(45,46)41-14-12-40(13-15-41)29-18-25(17-28(34)39-29)33(35,36)24-6-4-22(19-37)5-7-24/h8-11,17-18,22-24H,4-7,12-16,19,21,37H2,1-3H3/q+1. The molecule has 48 heavy (non-hydrogen) atoms. The molecule has 0 spiro atoms. The molecule has 3 fully saturated rings. The highest BCUT2D eigenvalue weighted by Crippen LogP contribution is 2.46. The second-order valence-electron chi connectivity index (χ2n) is 13.6. The van der Waals surface area contributed by atoms with Gasteiger partial charge in [0.25, 0.3) is 12.0 Å². The molecule has 260 valence electrons. The number of hydrogen-bond donors (Lipinski definition) is 1. The van der Waals surface area contributed by atoms with E-state index in [1.54, 1.807) is 37.8 Å². The Balaban J connectivity index is 1.20. The minimum absolute atomic E-state index is 0.0380. The van der Waals surface area contributed by atoms with Gasteiger partial charge < -0.3 is 20.3 Å². The number of anilines is 2. The maximum Gasteiger partial charge on any atom is 0.728 e. The lowest BCUT2D eigenvalue weighted by Crippen LogP contribution is -2.49. The van der Waals surface area contributed by atoms with Gasteiger partial charge in [0, 0.05) is 56.3 Å².